The highest BCUT2D eigenvalue weighted by Gasteiger charge is 2.39. The van der Waals surface area contributed by atoms with Gasteiger partial charge in [0.15, 0.2) is 0 Å². The van der Waals surface area contributed by atoms with Crippen LogP contribution in [0.3, 0.4) is 0 Å². The highest BCUT2D eigenvalue weighted by atomic mass is 32.2. The van der Waals surface area contributed by atoms with Crippen LogP contribution in [0.1, 0.15) is 72.3 Å². The minimum atomic E-state index is -4.84. The van der Waals surface area contributed by atoms with Crippen LogP contribution in [-0.2, 0) is 38.4 Å². The number of alkyl halides is 6. The Labute approximate surface area is 325 Å². The molecular weight excluding hydrogens is 785 g/mol. The summed E-state index contributed by atoms with van der Waals surface area (Å²) in [6, 6.07) is 9.96. The third kappa shape index (κ3) is 12.0. The zero-order valence-corrected chi connectivity index (χ0v) is 31.5. The van der Waals surface area contributed by atoms with Crippen LogP contribution in [0.2, 0.25) is 0 Å². The Kier molecular flexibility index (Phi) is 14.0. The van der Waals surface area contributed by atoms with Crippen molar-refractivity contribution in [3.05, 3.63) is 77.1 Å². The van der Waals surface area contributed by atoms with Gasteiger partial charge in [0.25, 0.3) is 0 Å². The summed E-state index contributed by atoms with van der Waals surface area (Å²) in [5.74, 6) is -2.91. The van der Waals surface area contributed by atoms with Gasteiger partial charge in [0.05, 0.1) is 16.0 Å². The molecule has 5 rings (SSSR count). The minimum absolute atomic E-state index is 0.0250. The topological polar surface area (TPSA) is 174 Å². The maximum absolute atomic E-state index is 14.0. The number of carboxylic acid groups (broad SMARTS) is 1. The first kappa shape index (κ1) is 43.1. The molecule has 1 aromatic heterocycles. The molecule has 0 bridgehead atoms. The quantitative estimate of drug-likeness (QED) is 0.114. The summed E-state index contributed by atoms with van der Waals surface area (Å²) in [6.45, 7) is 1.21. The minimum Gasteiger partial charge on any atom is -0.478 e. The average Bonchev–Trinajstić information content (AvgIpc) is 3.67. The number of amides is 2. The molecule has 3 aromatic rings. The number of sulfonamides is 1. The number of piperidine rings is 1. The summed E-state index contributed by atoms with van der Waals surface area (Å²) in [5.41, 5.74) is -0.254. The van der Waals surface area contributed by atoms with E-state index in [9.17, 15) is 49.1 Å². The first-order chi connectivity index (χ1) is 26.9. The van der Waals surface area contributed by atoms with E-state index in [0.29, 0.717) is 63.7 Å². The number of aromatic carboxylic acids is 1. The number of rotatable bonds is 16. The van der Waals surface area contributed by atoms with E-state index in [2.05, 4.69) is 25.3 Å². The van der Waals surface area contributed by atoms with Crippen LogP contribution in [0, 0.1) is 5.92 Å². The molecule has 2 aliphatic rings. The first-order valence-corrected chi connectivity index (χ1v) is 19.9. The van der Waals surface area contributed by atoms with Crippen LogP contribution in [0.4, 0.5) is 38.0 Å². The highest BCUT2D eigenvalue weighted by Crippen LogP contribution is 2.35. The van der Waals surface area contributed by atoms with Gasteiger partial charge in [-0.05, 0) is 92.8 Å². The van der Waals surface area contributed by atoms with Crippen LogP contribution in [0.25, 0.3) is 0 Å². The smallest absolute Gasteiger partial charge is 0.451 e. The number of carbonyl (C=O) groups excluding carboxylic acids is 2. The van der Waals surface area contributed by atoms with Crippen molar-refractivity contribution in [2.45, 2.75) is 74.7 Å². The Bertz CT molecular complexity index is 1970. The molecule has 57 heavy (non-hydrogen) atoms. The highest BCUT2D eigenvalue weighted by molar-refractivity contribution is 7.89. The van der Waals surface area contributed by atoms with Crippen molar-refractivity contribution in [1.82, 2.24) is 25.3 Å². The summed E-state index contributed by atoms with van der Waals surface area (Å²) >= 11 is 0. The molecule has 0 radical (unpaired) electrons. The van der Waals surface area contributed by atoms with E-state index in [1.165, 1.54) is 47.4 Å². The molecule has 2 fully saturated rings. The number of hydrogen-bond acceptors (Lipinski definition) is 9. The molecular formula is C37H43F6N7O6S. The van der Waals surface area contributed by atoms with Gasteiger partial charge in [0, 0.05) is 51.8 Å². The molecule has 310 valence electrons. The maximum atomic E-state index is 14.0. The van der Waals surface area contributed by atoms with Gasteiger partial charge in [0.2, 0.25) is 27.7 Å². The second-order valence-corrected chi connectivity index (χ2v) is 15.7. The predicted octanol–water partition coefficient (Wildman–Crippen LogP) is 5.02. The zero-order chi connectivity index (χ0) is 41.4. The van der Waals surface area contributed by atoms with Crippen molar-refractivity contribution in [3.8, 4) is 0 Å². The molecule has 0 spiro atoms. The van der Waals surface area contributed by atoms with Crippen molar-refractivity contribution >= 4 is 39.4 Å². The SMILES string of the molecule is O=C(CCCC1CCN(c2cc(N3CCC[C@H]3C(=O)NCCc3ccc(C(F)(F)F)cc3)nc(C(F)(F)F)n2)CC1)NCCNS(=O)(=O)c1ccc(C(=O)O)cc1. The van der Waals surface area contributed by atoms with Crippen LogP contribution in [-0.4, -0.2) is 86.6 Å². The third-order valence-electron chi connectivity index (χ3n) is 9.90. The largest absolute Gasteiger partial charge is 0.478 e. The standard InChI is InChI=1S/C37H43F6N7O6S/c38-36(39,40)27-10-6-25(7-11-27)14-17-45-33(52)29-4-2-20-50(29)31-23-30(47-35(48-31)37(41,42)43)49-21-15-24(16-22-49)3-1-5-32(51)44-18-19-46-57(55,56)28-12-8-26(9-13-28)34(53)54/h6-13,23-24,29,46H,1-5,14-22H2,(H,44,51)(H,45,52)(H,53,54)/t29-/m0/s1. The van der Waals surface area contributed by atoms with Gasteiger partial charge in [-0.15, -0.1) is 0 Å². The van der Waals surface area contributed by atoms with E-state index in [0.717, 1.165) is 12.1 Å². The number of anilines is 2. The van der Waals surface area contributed by atoms with E-state index in [-0.39, 0.29) is 66.4 Å². The van der Waals surface area contributed by atoms with Gasteiger partial charge in [0.1, 0.15) is 17.7 Å². The Balaban J connectivity index is 1.07. The lowest BCUT2D eigenvalue weighted by Crippen LogP contribution is -2.44. The Morgan fingerprint density at radius 2 is 1.47 bits per heavy atom. The summed E-state index contributed by atoms with van der Waals surface area (Å²) in [7, 11) is -3.90. The molecule has 13 nitrogen and oxygen atoms in total. The fourth-order valence-electron chi connectivity index (χ4n) is 6.82. The predicted molar refractivity (Wildman–Crippen MR) is 196 cm³/mol. The molecule has 0 unspecified atom stereocenters. The average molecular weight is 828 g/mol. The molecule has 20 heteroatoms. The number of benzene rings is 2. The van der Waals surface area contributed by atoms with Gasteiger partial charge in [-0.25, -0.2) is 27.9 Å². The van der Waals surface area contributed by atoms with Gasteiger partial charge >= 0.3 is 18.3 Å². The summed E-state index contributed by atoms with van der Waals surface area (Å²) < 4.78 is 108. The van der Waals surface area contributed by atoms with Crippen LogP contribution in [0.5, 0.6) is 0 Å². The lowest BCUT2D eigenvalue weighted by molar-refractivity contribution is -0.144. The van der Waals surface area contributed by atoms with Crippen molar-refractivity contribution in [2.75, 3.05) is 49.1 Å². The van der Waals surface area contributed by atoms with E-state index < -0.39 is 51.7 Å². The van der Waals surface area contributed by atoms with E-state index in [1.807, 2.05) is 0 Å². The van der Waals surface area contributed by atoms with E-state index in [1.54, 1.807) is 4.90 Å². The molecule has 2 aliphatic heterocycles. The fraction of sp³-hybridized carbons (Fsp3) is 0.486. The number of hydrogen-bond donors (Lipinski definition) is 4. The number of halogens is 6. The molecule has 3 heterocycles. The molecule has 0 saturated carbocycles. The van der Waals surface area contributed by atoms with Crippen molar-refractivity contribution in [2.24, 2.45) is 5.92 Å². The summed E-state index contributed by atoms with van der Waals surface area (Å²) in [4.78, 5) is 47.3. The van der Waals surface area contributed by atoms with Crippen LogP contribution < -0.4 is 25.2 Å². The lowest BCUT2D eigenvalue weighted by Gasteiger charge is -2.34. The van der Waals surface area contributed by atoms with Crippen molar-refractivity contribution in [1.29, 1.82) is 0 Å². The monoisotopic (exact) mass is 827 g/mol. The Morgan fingerprint density at radius 1 is 0.807 bits per heavy atom. The summed E-state index contributed by atoms with van der Waals surface area (Å²) in [5, 5.41) is 14.4. The second-order valence-electron chi connectivity index (χ2n) is 13.9. The zero-order valence-electron chi connectivity index (χ0n) is 30.7. The maximum Gasteiger partial charge on any atom is 0.451 e. The van der Waals surface area contributed by atoms with Gasteiger partial charge in [-0.3, -0.25) is 9.59 Å². The van der Waals surface area contributed by atoms with Gasteiger partial charge < -0.3 is 25.5 Å². The number of carboxylic acids is 1. The normalized spacial score (nSPS) is 16.8. The molecule has 2 amide bonds. The van der Waals surface area contributed by atoms with E-state index in [4.69, 9.17) is 5.11 Å². The van der Waals surface area contributed by atoms with Crippen LogP contribution in [0.15, 0.2) is 59.5 Å². The molecule has 1 atom stereocenters. The lowest BCUT2D eigenvalue weighted by atomic mass is 9.91. The van der Waals surface area contributed by atoms with Gasteiger partial charge in [-0.1, -0.05) is 12.1 Å². The number of aromatic nitrogens is 2. The second kappa shape index (κ2) is 18.5. The van der Waals surface area contributed by atoms with Crippen LogP contribution >= 0.6 is 0 Å². The number of nitrogens with zero attached hydrogens (tertiary/aromatic N) is 4. The summed E-state index contributed by atoms with van der Waals surface area (Å²) in [6.07, 6.45) is -5.39. The molecule has 2 aromatic carbocycles. The third-order valence-corrected chi connectivity index (χ3v) is 11.4. The fourth-order valence-corrected chi connectivity index (χ4v) is 7.85. The number of carbonyl (C=O) groups is 3. The Morgan fingerprint density at radius 3 is 2.11 bits per heavy atom. The first-order valence-electron chi connectivity index (χ1n) is 18.4. The number of nitrogens with one attached hydrogen (secondary N) is 3. The van der Waals surface area contributed by atoms with Crippen molar-refractivity contribution in [3.63, 3.8) is 0 Å². The van der Waals surface area contributed by atoms with Crippen molar-refractivity contribution < 1.29 is 54.3 Å². The van der Waals surface area contributed by atoms with Gasteiger partial charge in [-0.2, -0.15) is 26.3 Å². The van der Waals surface area contributed by atoms with E-state index >= 15 is 0 Å². The molecule has 4 N–H and O–H groups in total. The molecule has 2 saturated heterocycles. The Hall–Kier alpha value is -4.98. The molecule has 0 aliphatic carbocycles.